The fourth-order valence-electron chi connectivity index (χ4n) is 1.97. The Balaban J connectivity index is 2.25. The van der Waals surface area contributed by atoms with Crippen LogP contribution < -0.4 is 4.72 Å². The third kappa shape index (κ3) is 3.65. The van der Waals surface area contributed by atoms with Crippen molar-refractivity contribution in [2.45, 2.75) is 31.3 Å². The molecule has 1 N–H and O–H groups in total. The number of sulfonamides is 1. The fraction of sp³-hybridized carbons (Fsp3) is 0.333. The van der Waals surface area contributed by atoms with Crippen molar-refractivity contribution in [3.05, 3.63) is 46.5 Å². The lowest BCUT2D eigenvalue weighted by atomic mass is 10.2. The summed E-state index contributed by atoms with van der Waals surface area (Å²) in [5.74, 6) is 0. The van der Waals surface area contributed by atoms with Crippen molar-refractivity contribution in [3.63, 3.8) is 0 Å². The number of aryl methyl sites for hydroxylation is 1. The zero-order valence-corrected chi connectivity index (χ0v) is 12.8. The van der Waals surface area contributed by atoms with E-state index in [9.17, 15) is 18.5 Å². The Morgan fingerprint density at radius 1 is 1.45 bits per heavy atom. The van der Waals surface area contributed by atoms with E-state index in [0.717, 1.165) is 0 Å². The Morgan fingerprint density at radius 3 is 2.77 bits per heavy atom. The van der Waals surface area contributed by atoms with Gasteiger partial charge in [-0.1, -0.05) is 6.07 Å². The number of hydrogen-bond donors (Lipinski definition) is 1. The third-order valence-electron chi connectivity index (χ3n) is 2.88. The Bertz CT molecular complexity index is 773. The predicted octanol–water partition coefficient (Wildman–Crippen LogP) is 0.862. The largest absolute Gasteiger partial charge is 0.289 e. The second-order valence-corrected chi connectivity index (χ2v) is 6.55. The maximum Gasteiger partial charge on any atom is 0.289 e. The Kier molecular flexibility index (Phi) is 4.52. The monoisotopic (exact) mass is 325 g/mol. The summed E-state index contributed by atoms with van der Waals surface area (Å²) >= 11 is 0. The number of nitro benzene ring substituents is 1. The smallest absolute Gasteiger partial charge is 0.258 e. The van der Waals surface area contributed by atoms with Gasteiger partial charge in [0.05, 0.1) is 11.5 Å². The van der Waals surface area contributed by atoms with Gasteiger partial charge in [0.15, 0.2) is 4.90 Å². The van der Waals surface area contributed by atoms with Crippen molar-refractivity contribution in [2.24, 2.45) is 0 Å². The first-order valence-corrected chi connectivity index (χ1v) is 7.87. The van der Waals surface area contributed by atoms with Crippen LogP contribution >= 0.6 is 0 Å². The van der Waals surface area contributed by atoms with Crippen LogP contribution in [0.5, 0.6) is 0 Å². The zero-order valence-electron chi connectivity index (χ0n) is 12.0. The molecule has 0 aliphatic rings. The Hall–Kier alpha value is -2.33. The highest BCUT2D eigenvalue weighted by Crippen LogP contribution is 2.24. The number of hydrogen-bond acceptors (Lipinski definition) is 6. The van der Waals surface area contributed by atoms with E-state index in [1.54, 1.807) is 13.8 Å². The van der Waals surface area contributed by atoms with E-state index in [2.05, 4.69) is 14.8 Å². The fourth-order valence-corrected chi connectivity index (χ4v) is 3.36. The van der Waals surface area contributed by atoms with Gasteiger partial charge < -0.3 is 0 Å². The first-order valence-electron chi connectivity index (χ1n) is 6.39. The van der Waals surface area contributed by atoms with Gasteiger partial charge in [0, 0.05) is 12.1 Å². The molecule has 0 bridgehead atoms. The second-order valence-electron chi connectivity index (χ2n) is 4.87. The summed E-state index contributed by atoms with van der Waals surface area (Å²) in [7, 11) is -4.01. The molecule has 1 aromatic heterocycles. The predicted molar refractivity (Wildman–Crippen MR) is 77.6 cm³/mol. The highest BCUT2D eigenvalue weighted by atomic mass is 32.2. The molecular weight excluding hydrogens is 310 g/mol. The van der Waals surface area contributed by atoms with Gasteiger partial charge in [0.2, 0.25) is 10.0 Å². The molecule has 118 valence electrons. The summed E-state index contributed by atoms with van der Waals surface area (Å²) in [5.41, 5.74) is 0.168. The van der Waals surface area contributed by atoms with Gasteiger partial charge in [0.25, 0.3) is 5.69 Å². The summed E-state index contributed by atoms with van der Waals surface area (Å²) in [6.07, 6.45) is 2.80. The summed E-state index contributed by atoms with van der Waals surface area (Å²) in [5, 5.41) is 14.9. The molecule has 0 aliphatic carbocycles. The van der Waals surface area contributed by atoms with Gasteiger partial charge in [-0.2, -0.15) is 5.10 Å². The number of nitrogens with one attached hydrogen (secondary N) is 1. The average molecular weight is 325 g/mol. The lowest BCUT2D eigenvalue weighted by molar-refractivity contribution is -0.387. The topological polar surface area (TPSA) is 120 Å². The minimum Gasteiger partial charge on any atom is -0.258 e. The second kappa shape index (κ2) is 6.20. The molecule has 0 spiro atoms. The van der Waals surface area contributed by atoms with Crippen molar-refractivity contribution in [1.82, 2.24) is 19.5 Å². The van der Waals surface area contributed by atoms with Gasteiger partial charge in [-0.25, -0.2) is 18.1 Å². The van der Waals surface area contributed by atoms with Crippen LogP contribution in [0.4, 0.5) is 5.69 Å². The molecule has 0 fully saturated rings. The molecule has 2 rings (SSSR count). The van der Waals surface area contributed by atoms with Crippen LogP contribution in [0, 0.1) is 17.0 Å². The van der Waals surface area contributed by atoms with Crippen LogP contribution in [-0.2, 0) is 16.6 Å². The number of aromatic nitrogens is 3. The lowest BCUT2D eigenvalue weighted by Gasteiger charge is -2.14. The molecular formula is C12H15N5O4S. The van der Waals surface area contributed by atoms with Crippen LogP contribution in [0.2, 0.25) is 0 Å². The Morgan fingerprint density at radius 2 is 2.18 bits per heavy atom. The van der Waals surface area contributed by atoms with Crippen molar-refractivity contribution >= 4 is 15.7 Å². The molecule has 1 aromatic carbocycles. The first-order chi connectivity index (χ1) is 10.3. The number of benzene rings is 1. The van der Waals surface area contributed by atoms with E-state index in [1.165, 1.54) is 35.5 Å². The minimum absolute atomic E-state index is 0.263. The van der Waals surface area contributed by atoms with Crippen molar-refractivity contribution in [3.8, 4) is 0 Å². The SMILES string of the molecule is Cc1ccc(S(=O)(=O)N[C@H](C)Cn2cncn2)c([N+](=O)[O-])c1. The van der Waals surface area contributed by atoms with Gasteiger partial charge in [-0.3, -0.25) is 14.8 Å². The summed E-state index contributed by atoms with van der Waals surface area (Å²) < 4.78 is 28.6. The highest BCUT2D eigenvalue weighted by Gasteiger charge is 2.27. The number of rotatable bonds is 6. The van der Waals surface area contributed by atoms with Crippen LogP contribution in [0.1, 0.15) is 12.5 Å². The van der Waals surface area contributed by atoms with E-state index in [-0.39, 0.29) is 11.4 Å². The molecule has 1 atom stereocenters. The highest BCUT2D eigenvalue weighted by molar-refractivity contribution is 7.89. The molecule has 0 saturated heterocycles. The van der Waals surface area contributed by atoms with E-state index in [1.807, 2.05) is 0 Å². The van der Waals surface area contributed by atoms with Crippen LogP contribution in [0.3, 0.4) is 0 Å². The third-order valence-corrected chi connectivity index (χ3v) is 4.52. The molecule has 0 unspecified atom stereocenters. The molecule has 0 saturated carbocycles. The average Bonchev–Trinajstić information content (AvgIpc) is 2.90. The van der Waals surface area contributed by atoms with Gasteiger partial charge >= 0.3 is 0 Å². The normalized spacial score (nSPS) is 13.0. The van der Waals surface area contributed by atoms with Crippen molar-refractivity contribution in [2.75, 3.05) is 0 Å². The molecule has 10 heteroatoms. The van der Waals surface area contributed by atoms with E-state index in [0.29, 0.717) is 5.56 Å². The van der Waals surface area contributed by atoms with Gasteiger partial charge in [0.1, 0.15) is 12.7 Å². The molecule has 1 heterocycles. The maximum absolute atomic E-state index is 12.3. The quantitative estimate of drug-likeness (QED) is 0.621. The molecule has 0 radical (unpaired) electrons. The molecule has 22 heavy (non-hydrogen) atoms. The molecule has 9 nitrogen and oxygen atoms in total. The van der Waals surface area contributed by atoms with E-state index >= 15 is 0 Å². The van der Waals surface area contributed by atoms with E-state index < -0.39 is 26.7 Å². The first kappa shape index (κ1) is 16.0. The van der Waals surface area contributed by atoms with Gasteiger partial charge in [-0.05, 0) is 25.5 Å². The number of nitrogens with zero attached hydrogens (tertiary/aromatic N) is 4. The molecule has 2 aromatic rings. The van der Waals surface area contributed by atoms with Crippen LogP contribution in [-0.4, -0.2) is 34.1 Å². The number of nitro groups is 1. The molecule has 0 aliphatic heterocycles. The maximum atomic E-state index is 12.3. The summed E-state index contributed by atoms with van der Waals surface area (Å²) in [4.78, 5) is 13.8. The summed E-state index contributed by atoms with van der Waals surface area (Å²) in [6.45, 7) is 3.56. The Labute approximate surface area is 127 Å². The van der Waals surface area contributed by atoms with E-state index in [4.69, 9.17) is 0 Å². The molecule has 0 amide bonds. The van der Waals surface area contributed by atoms with Crippen molar-refractivity contribution in [1.29, 1.82) is 0 Å². The zero-order chi connectivity index (χ0) is 16.3. The van der Waals surface area contributed by atoms with Crippen LogP contribution in [0.15, 0.2) is 35.7 Å². The van der Waals surface area contributed by atoms with Crippen molar-refractivity contribution < 1.29 is 13.3 Å². The minimum atomic E-state index is -4.01. The van der Waals surface area contributed by atoms with Crippen LogP contribution in [0.25, 0.3) is 0 Å². The standard InChI is InChI=1S/C12H15N5O4S/c1-9-3-4-12(11(5-9)17(18)19)22(20,21)15-10(2)6-16-8-13-7-14-16/h3-5,7-8,10,15H,6H2,1-2H3/t10-/m1/s1. The summed E-state index contributed by atoms with van der Waals surface area (Å²) in [6, 6.07) is 3.48. The lowest BCUT2D eigenvalue weighted by Crippen LogP contribution is -2.36. The van der Waals surface area contributed by atoms with Gasteiger partial charge in [-0.15, -0.1) is 0 Å².